The van der Waals surface area contributed by atoms with E-state index in [4.69, 9.17) is 0 Å². The van der Waals surface area contributed by atoms with Crippen molar-refractivity contribution in [1.29, 1.82) is 0 Å². The Kier molecular flexibility index (Phi) is 6.15. The second-order valence-corrected chi connectivity index (χ2v) is 7.20. The summed E-state index contributed by atoms with van der Waals surface area (Å²) in [7, 11) is 0. The van der Waals surface area contributed by atoms with Gasteiger partial charge >= 0.3 is 0 Å². The first-order valence-electron chi connectivity index (χ1n) is 6.90. The van der Waals surface area contributed by atoms with Gasteiger partial charge < -0.3 is 10.2 Å². The molecular weight excluding hydrogens is 308 g/mol. The third-order valence-electron chi connectivity index (χ3n) is 3.64. The van der Waals surface area contributed by atoms with Gasteiger partial charge in [-0.05, 0) is 60.3 Å². The molecule has 0 bridgehead atoms. The average Bonchev–Trinajstić information content (AvgIpc) is 2.65. The first-order valence-corrected chi connectivity index (χ1v) is 8.57. The highest BCUT2D eigenvalue weighted by atomic mass is 79.9. The molecule has 2 heterocycles. The third-order valence-corrected chi connectivity index (χ3v) is 5.33. The predicted octanol–water partition coefficient (Wildman–Crippen LogP) is 3.72. The molecule has 0 aliphatic carbocycles. The molecule has 18 heavy (non-hydrogen) atoms. The van der Waals surface area contributed by atoms with Crippen LogP contribution in [-0.4, -0.2) is 31.1 Å². The Morgan fingerprint density at radius 1 is 1.44 bits per heavy atom. The van der Waals surface area contributed by atoms with E-state index in [2.05, 4.69) is 44.5 Å². The van der Waals surface area contributed by atoms with Gasteiger partial charge in [-0.2, -0.15) is 0 Å². The fourth-order valence-electron chi connectivity index (χ4n) is 2.44. The van der Waals surface area contributed by atoms with E-state index in [9.17, 15) is 0 Å². The number of nitrogens with zero attached hydrogens (tertiary/aromatic N) is 1. The Hall–Kier alpha value is 0.1000. The summed E-state index contributed by atoms with van der Waals surface area (Å²) in [6, 6.07) is 2.20. The number of thiophene rings is 1. The van der Waals surface area contributed by atoms with E-state index in [1.807, 2.05) is 11.3 Å². The van der Waals surface area contributed by atoms with E-state index in [0.717, 1.165) is 19.0 Å². The molecule has 2 nitrogen and oxygen atoms in total. The quantitative estimate of drug-likeness (QED) is 0.827. The zero-order valence-corrected chi connectivity index (χ0v) is 13.5. The summed E-state index contributed by atoms with van der Waals surface area (Å²) < 4.78 is 1.20. The molecule has 102 valence electrons. The van der Waals surface area contributed by atoms with Crippen LogP contribution in [0.25, 0.3) is 0 Å². The average molecular weight is 331 g/mol. The Morgan fingerprint density at radius 3 is 3.11 bits per heavy atom. The lowest BCUT2D eigenvalue weighted by molar-refractivity contribution is 0.281. The minimum absolute atomic E-state index is 0.923. The molecule has 0 saturated carbocycles. The van der Waals surface area contributed by atoms with E-state index in [0.29, 0.717) is 0 Å². The highest BCUT2D eigenvalue weighted by molar-refractivity contribution is 9.10. The van der Waals surface area contributed by atoms with Crippen LogP contribution in [0, 0.1) is 5.92 Å². The van der Waals surface area contributed by atoms with E-state index in [1.165, 1.54) is 48.2 Å². The Balaban J connectivity index is 1.60. The van der Waals surface area contributed by atoms with Crippen LogP contribution in [0.2, 0.25) is 0 Å². The highest BCUT2D eigenvalue weighted by Gasteiger charge is 2.12. The third kappa shape index (κ3) is 5.00. The first kappa shape index (κ1) is 14.5. The maximum absolute atomic E-state index is 3.54. The van der Waals surface area contributed by atoms with E-state index in [1.54, 1.807) is 0 Å². The van der Waals surface area contributed by atoms with Gasteiger partial charge in [-0.15, -0.1) is 11.3 Å². The second kappa shape index (κ2) is 7.63. The molecule has 1 N–H and O–H groups in total. The molecule has 1 aromatic heterocycles. The molecule has 1 atom stereocenters. The predicted molar refractivity (Wildman–Crippen MR) is 83.2 cm³/mol. The van der Waals surface area contributed by atoms with Crippen molar-refractivity contribution >= 4 is 27.3 Å². The summed E-state index contributed by atoms with van der Waals surface area (Å²) >= 11 is 5.31. The molecule has 1 saturated heterocycles. The van der Waals surface area contributed by atoms with Crippen LogP contribution in [0.4, 0.5) is 0 Å². The first-order chi connectivity index (χ1) is 8.74. The summed E-state index contributed by atoms with van der Waals surface area (Å²) in [6.07, 6.45) is 4.16. The fraction of sp³-hybridized carbons (Fsp3) is 0.714. The van der Waals surface area contributed by atoms with Gasteiger partial charge in [-0.1, -0.05) is 6.92 Å². The summed E-state index contributed by atoms with van der Waals surface area (Å²) in [5.74, 6) is 0.923. The van der Waals surface area contributed by atoms with Gasteiger partial charge in [0.05, 0.1) is 0 Å². The maximum atomic E-state index is 3.54. The van der Waals surface area contributed by atoms with E-state index >= 15 is 0 Å². The Labute approximate surface area is 123 Å². The Bertz CT molecular complexity index is 353. The van der Waals surface area contributed by atoms with Crippen LogP contribution in [0.1, 0.15) is 31.1 Å². The molecule has 4 heteroatoms. The lowest BCUT2D eigenvalue weighted by Gasteiger charge is -2.19. The molecule has 1 aliphatic rings. The number of hydrogen-bond donors (Lipinski definition) is 1. The summed E-state index contributed by atoms with van der Waals surface area (Å²) in [6.45, 7) is 8.25. The molecule has 0 spiro atoms. The van der Waals surface area contributed by atoms with Crippen LogP contribution in [0.3, 0.4) is 0 Å². The molecular formula is C14H23BrN2S. The molecule has 0 aromatic carbocycles. The molecule has 1 unspecified atom stereocenters. The largest absolute Gasteiger partial charge is 0.311 e. The standard InChI is InChI=1S/C14H23BrN2S/c1-12-3-2-6-17(7-4-12)8-5-16-10-14-9-13(15)11-18-14/h9,11-12,16H,2-8,10H2,1H3. The topological polar surface area (TPSA) is 15.3 Å². The van der Waals surface area contributed by atoms with Crippen LogP contribution in [0.5, 0.6) is 0 Å². The molecule has 1 aromatic rings. The van der Waals surface area contributed by atoms with Crippen molar-refractivity contribution in [2.45, 2.75) is 32.7 Å². The van der Waals surface area contributed by atoms with Gasteiger partial charge in [0.25, 0.3) is 0 Å². The summed E-state index contributed by atoms with van der Waals surface area (Å²) in [5.41, 5.74) is 0. The molecule has 1 fully saturated rings. The van der Waals surface area contributed by atoms with Crippen LogP contribution in [0.15, 0.2) is 15.9 Å². The van der Waals surface area contributed by atoms with Crippen LogP contribution in [-0.2, 0) is 6.54 Å². The van der Waals surface area contributed by atoms with Gasteiger partial charge in [-0.25, -0.2) is 0 Å². The monoisotopic (exact) mass is 330 g/mol. The number of halogens is 1. The number of rotatable bonds is 5. The zero-order valence-electron chi connectivity index (χ0n) is 11.1. The number of hydrogen-bond acceptors (Lipinski definition) is 3. The van der Waals surface area contributed by atoms with Crippen molar-refractivity contribution in [3.63, 3.8) is 0 Å². The van der Waals surface area contributed by atoms with Crippen molar-refractivity contribution in [3.8, 4) is 0 Å². The van der Waals surface area contributed by atoms with Gasteiger partial charge in [0.2, 0.25) is 0 Å². The van der Waals surface area contributed by atoms with E-state index < -0.39 is 0 Å². The highest BCUT2D eigenvalue weighted by Crippen LogP contribution is 2.19. The SMILES string of the molecule is CC1CCCN(CCNCc2cc(Br)cs2)CC1. The zero-order chi connectivity index (χ0) is 12.8. The number of likely N-dealkylation sites (tertiary alicyclic amines) is 1. The number of nitrogens with one attached hydrogen (secondary N) is 1. The van der Waals surface area contributed by atoms with E-state index in [-0.39, 0.29) is 0 Å². The smallest absolute Gasteiger partial charge is 0.0300 e. The lowest BCUT2D eigenvalue weighted by Crippen LogP contribution is -2.32. The van der Waals surface area contributed by atoms with Crippen molar-refractivity contribution in [2.24, 2.45) is 5.92 Å². The van der Waals surface area contributed by atoms with Crippen LogP contribution < -0.4 is 5.32 Å². The van der Waals surface area contributed by atoms with Crippen molar-refractivity contribution in [2.75, 3.05) is 26.2 Å². The van der Waals surface area contributed by atoms with Gasteiger partial charge in [0.1, 0.15) is 0 Å². The molecule has 2 rings (SSSR count). The minimum atomic E-state index is 0.923. The van der Waals surface area contributed by atoms with Gasteiger partial charge in [-0.3, -0.25) is 0 Å². The van der Waals surface area contributed by atoms with Crippen molar-refractivity contribution < 1.29 is 0 Å². The lowest BCUT2D eigenvalue weighted by atomic mass is 10.0. The maximum Gasteiger partial charge on any atom is 0.0300 e. The molecule has 0 radical (unpaired) electrons. The molecule has 0 amide bonds. The molecule has 1 aliphatic heterocycles. The Morgan fingerprint density at radius 2 is 2.33 bits per heavy atom. The van der Waals surface area contributed by atoms with Crippen molar-refractivity contribution in [3.05, 3.63) is 20.8 Å². The van der Waals surface area contributed by atoms with Gasteiger partial charge in [0, 0.05) is 34.4 Å². The summed E-state index contributed by atoms with van der Waals surface area (Å²) in [5, 5.41) is 5.69. The fourth-order valence-corrected chi connectivity index (χ4v) is 3.86. The van der Waals surface area contributed by atoms with Crippen LogP contribution >= 0.6 is 27.3 Å². The minimum Gasteiger partial charge on any atom is -0.311 e. The van der Waals surface area contributed by atoms with Crippen molar-refractivity contribution in [1.82, 2.24) is 10.2 Å². The second-order valence-electron chi connectivity index (χ2n) is 5.29. The van der Waals surface area contributed by atoms with Gasteiger partial charge in [0.15, 0.2) is 0 Å². The summed E-state index contributed by atoms with van der Waals surface area (Å²) in [4.78, 5) is 4.02. The normalized spacial score (nSPS) is 22.0.